The smallest absolute Gasteiger partial charge is 0.304 e. The minimum Gasteiger partial charge on any atom is -0.481 e. The third kappa shape index (κ3) is 26.0. The summed E-state index contributed by atoms with van der Waals surface area (Å²) in [6, 6.07) is -0.927. The highest BCUT2D eigenvalue weighted by atomic mass is 32.2. The maximum Gasteiger partial charge on any atom is 0.304 e. The van der Waals surface area contributed by atoms with E-state index in [2.05, 4.69) is 12.2 Å². The molecule has 2 aliphatic rings. The summed E-state index contributed by atoms with van der Waals surface area (Å²) >= 11 is 1.73. The molecule has 17 heteroatoms. The summed E-state index contributed by atoms with van der Waals surface area (Å²) in [5.74, 6) is 0.745. The van der Waals surface area contributed by atoms with Crippen LogP contribution in [0.2, 0.25) is 0 Å². The molecule has 0 aromatic carbocycles. The second-order valence-electron chi connectivity index (χ2n) is 18.4. The van der Waals surface area contributed by atoms with Gasteiger partial charge >= 0.3 is 5.97 Å². The minimum absolute atomic E-state index is 0.238. The standard InChI is InChI=1S/C49H91NO15S/c1-2-3-4-5-6-7-8-10-13-16-19-22-25-28-37(53)36(50-40(54)29-26-23-20-17-14-11-9-12-15-18-21-24-27-31-66-32-30-41(55)56)35-62-48-46(61)44(59)47(39(34-52)64-48)65-49-45(60)43(58)42(57)38(33-51)63-49/h25,28,36-39,42-49,51-53,57-61H,2-24,26-27,29-35H2,1H3,(H,50,54)(H,55,56)/b28-25+/t36-,37+,38+,39+,42-,43-,44+,45+,46+,47+,48+,49-/m0/s1. The van der Waals surface area contributed by atoms with Crippen molar-refractivity contribution in [2.24, 2.45) is 0 Å². The van der Waals surface area contributed by atoms with Crippen LogP contribution in [0.5, 0.6) is 0 Å². The van der Waals surface area contributed by atoms with Gasteiger partial charge in [-0.15, -0.1) is 0 Å². The zero-order chi connectivity index (χ0) is 48.4. The van der Waals surface area contributed by atoms with Crippen LogP contribution in [0, 0.1) is 0 Å². The molecule has 10 N–H and O–H groups in total. The number of thioether (sulfide) groups is 1. The number of aliphatic hydroxyl groups excluding tert-OH is 8. The van der Waals surface area contributed by atoms with Crippen LogP contribution in [0.1, 0.15) is 180 Å². The molecule has 0 aromatic heterocycles. The fourth-order valence-electron chi connectivity index (χ4n) is 8.39. The van der Waals surface area contributed by atoms with E-state index in [1.807, 2.05) is 6.08 Å². The summed E-state index contributed by atoms with van der Waals surface area (Å²) in [6.45, 7) is 0.486. The predicted octanol–water partition coefficient (Wildman–Crippen LogP) is 5.40. The molecule has 16 nitrogen and oxygen atoms in total. The lowest BCUT2D eigenvalue weighted by molar-refractivity contribution is -0.359. The molecule has 0 radical (unpaired) electrons. The second-order valence-corrected chi connectivity index (χ2v) is 19.6. The van der Waals surface area contributed by atoms with Gasteiger partial charge in [-0.2, -0.15) is 11.8 Å². The van der Waals surface area contributed by atoms with E-state index >= 15 is 0 Å². The number of ether oxygens (including phenoxy) is 4. The molecule has 2 rings (SSSR count). The molecule has 2 aliphatic heterocycles. The molecule has 0 unspecified atom stereocenters. The number of carboxylic acid groups (broad SMARTS) is 1. The molecule has 2 saturated heterocycles. The average Bonchev–Trinajstić information content (AvgIpc) is 3.30. The minimum atomic E-state index is -1.79. The summed E-state index contributed by atoms with van der Waals surface area (Å²) in [5, 5.41) is 95.4. The quantitative estimate of drug-likeness (QED) is 0.0272. The first-order valence-electron chi connectivity index (χ1n) is 25.6. The molecular formula is C49H91NO15S. The Balaban J connectivity index is 1.81. The fraction of sp³-hybridized carbons (Fsp3) is 0.918. The van der Waals surface area contributed by atoms with Crippen molar-refractivity contribution in [3.63, 3.8) is 0 Å². The topological polar surface area (TPSA) is 265 Å². The van der Waals surface area contributed by atoms with Crippen molar-refractivity contribution < 1.29 is 74.5 Å². The molecule has 0 saturated carbocycles. The van der Waals surface area contributed by atoms with Gasteiger partial charge in [0.2, 0.25) is 5.91 Å². The van der Waals surface area contributed by atoms with E-state index in [0.717, 1.165) is 50.7 Å². The average molecular weight is 966 g/mol. The SMILES string of the molecule is CCCCCCCCCCCCC/C=C/[C@@H](O)[C@H](CO[C@@H]1O[C@H](CO)[C@@H](O[C@@H]2O[C@H](CO)[C@H](O)[C@H](O)[C@H]2O)[C@H](O)[C@H]1O)NC(=O)CCCCCCCCCCCCCCCSCCC(=O)O. The number of aliphatic hydroxyl groups is 8. The lowest BCUT2D eigenvalue weighted by Crippen LogP contribution is -2.65. The molecule has 1 amide bonds. The number of hydrogen-bond acceptors (Lipinski definition) is 15. The molecule has 388 valence electrons. The Morgan fingerprint density at radius 1 is 0.606 bits per heavy atom. The van der Waals surface area contributed by atoms with Crippen LogP contribution in [-0.4, -0.2) is 163 Å². The van der Waals surface area contributed by atoms with Gasteiger partial charge in [0.25, 0.3) is 0 Å². The number of nitrogens with one attached hydrogen (secondary N) is 1. The van der Waals surface area contributed by atoms with E-state index in [-0.39, 0.29) is 25.4 Å². The zero-order valence-electron chi connectivity index (χ0n) is 40.1. The van der Waals surface area contributed by atoms with Gasteiger partial charge in [0, 0.05) is 12.2 Å². The predicted molar refractivity (Wildman–Crippen MR) is 255 cm³/mol. The maximum atomic E-state index is 13.2. The molecule has 66 heavy (non-hydrogen) atoms. The van der Waals surface area contributed by atoms with Crippen LogP contribution in [0.3, 0.4) is 0 Å². The third-order valence-corrected chi connectivity index (χ3v) is 13.7. The first-order valence-corrected chi connectivity index (χ1v) is 26.7. The van der Waals surface area contributed by atoms with Crippen molar-refractivity contribution in [1.29, 1.82) is 0 Å². The van der Waals surface area contributed by atoms with Gasteiger partial charge in [-0.05, 0) is 31.4 Å². The highest BCUT2D eigenvalue weighted by Gasteiger charge is 2.51. The van der Waals surface area contributed by atoms with Gasteiger partial charge < -0.3 is 70.2 Å². The van der Waals surface area contributed by atoms with Crippen molar-refractivity contribution in [2.75, 3.05) is 31.3 Å². The van der Waals surface area contributed by atoms with E-state index in [1.165, 1.54) is 109 Å². The van der Waals surface area contributed by atoms with E-state index < -0.39 is 92.7 Å². The number of hydrogen-bond donors (Lipinski definition) is 10. The number of carbonyl (C=O) groups excluding carboxylic acids is 1. The van der Waals surface area contributed by atoms with Crippen molar-refractivity contribution in [2.45, 2.75) is 254 Å². The monoisotopic (exact) mass is 966 g/mol. The number of amides is 1. The van der Waals surface area contributed by atoms with E-state index in [1.54, 1.807) is 17.8 Å². The van der Waals surface area contributed by atoms with Crippen molar-refractivity contribution in [3.05, 3.63) is 12.2 Å². The number of carboxylic acids is 1. The summed E-state index contributed by atoms with van der Waals surface area (Å²) in [6.07, 6.45) is 15.9. The Labute approximate surface area is 399 Å². The fourth-order valence-corrected chi connectivity index (χ4v) is 9.32. The van der Waals surface area contributed by atoms with Gasteiger partial charge in [-0.1, -0.05) is 154 Å². The number of unbranched alkanes of at least 4 members (excludes halogenated alkanes) is 23. The summed E-state index contributed by atoms with van der Waals surface area (Å²) in [5.41, 5.74) is 0. The van der Waals surface area contributed by atoms with Crippen LogP contribution in [-0.2, 0) is 28.5 Å². The van der Waals surface area contributed by atoms with Crippen molar-refractivity contribution in [1.82, 2.24) is 5.32 Å². The molecule has 12 atom stereocenters. The summed E-state index contributed by atoms with van der Waals surface area (Å²) in [4.78, 5) is 23.7. The van der Waals surface area contributed by atoms with E-state index in [4.69, 9.17) is 24.1 Å². The molecule has 0 spiro atoms. The van der Waals surface area contributed by atoms with Gasteiger partial charge in [-0.3, -0.25) is 9.59 Å². The first kappa shape index (κ1) is 60.7. The normalized spacial score (nSPS) is 26.7. The van der Waals surface area contributed by atoms with Gasteiger partial charge in [-0.25, -0.2) is 0 Å². The Morgan fingerprint density at radius 3 is 1.65 bits per heavy atom. The third-order valence-electron chi connectivity index (χ3n) is 12.6. The van der Waals surface area contributed by atoms with Crippen LogP contribution in [0.4, 0.5) is 0 Å². The highest BCUT2D eigenvalue weighted by Crippen LogP contribution is 2.30. The van der Waals surface area contributed by atoms with Crippen LogP contribution in [0.25, 0.3) is 0 Å². The van der Waals surface area contributed by atoms with Crippen LogP contribution in [0.15, 0.2) is 12.2 Å². The summed E-state index contributed by atoms with van der Waals surface area (Å²) in [7, 11) is 0. The zero-order valence-corrected chi connectivity index (χ0v) is 40.9. The lowest BCUT2D eigenvalue weighted by atomic mass is 9.97. The molecular weight excluding hydrogens is 875 g/mol. The first-order chi connectivity index (χ1) is 31.9. The highest BCUT2D eigenvalue weighted by molar-refractivity contribution is 7.99. The molecule has 2 fully saturated rings. The Bertz CT molecular complexity index is 1230. The molecule has 0 aliphatic carbocycles. The Kier molecular flexibility index (Phi) is 35.2. The van der Waals surface area contributed by atoms with Gasteiger partial charge in [0.15, 0.2) is 12.6 Å². The lowest BCUT2D eigenvalue weighted by Gasteiger charge is -2.46. The Hall–Kier alpha value is -1.45. The van der Waals surface area contributed by atoms with Crippen molar-refractivity contribution in [3.8, 4) is 0 Å². The largest absolute Gasteiger partial charge is 0.481 e. The maximum absolute atomic E-state index is 13.2. The van der Waals surface area contributed by atoms with E-state index in [0.29, 0.717) is 12.2 Å². The van der Waals surface area contributed by atoms with Crippen LogP contribution >= 0.6 is 11.8 Å². The van der Waals surface area contributed by atoms with Gasteiger partial charge in [0.05, 0.1) is 38.4 Å². The number of rotatable bonds is 41. The van der Waals surface area contributed by atoms with Crippen molar-refractivity contribution >= 4 is 23.6 Å². The molecule has 0 bridgehead atoms. The summed E-state index contributed by atoms with van der Waals surface area (Å²) < 4.78 is 22.7. The molecule has 2 heterocycles. The van der Waals surface area contributed by atoms with Gasteiger partial charge in [0.1, 0.15) is 48.8 Å². The number of aliphatic carboxylic acids is 1. The number of carbonyl (C=O) groups is 2. The Morgan fingerprint density at radius 2 is 1.11 bits per heavy atom. The molecule has 0 aromatic rings. The second kappa shape index (κ2) is 38.3. The van der Waals surface area contributed by atoms with Crippen LogP contribution < -0.4 is 5.32 Å². The number of allylic oxidation sites excluding steroid dienone is 1. The van der Waals surface area contributed by atoms with E-state index in [9.17, 15) is 50.4 Å².